The zero-order valence-electron chi connectivity index (χ0n) is 19.0. The Balaban J connectivity index is 1.44. The highest BCUT2D eigenvalue weighted by Crippen LogP contribution is 2.24. The van der Waals surface area contributed by atoms with Gasteiger partial charge in [0, 0.05) is 49.3 Å². The van der Waals surface area contributed by atoms with Crippen LogP contribution in [0.3, 0.4) is 0 Å². The van der Waals surface area contributed by atoms with E-state index in [1.54, 1.807) is 18.2 Å². The van der Waals surface area contributed by atoms with Crippen LogP contribution >= 0.6 is 11.6 Å². The summed E-state index contributed by atoms with van der Waals surface area (Å²) in [5.74, 6) is 0.242. The predicted octanol–water partition coefficient (Wildman–Crippen LogP) is 2.11. The molecule has 0 spiro atoms. The molecule has 0 atom stereocenters. The molecule has 0 amide bonds. The van der Waals surface area contributed by atoms with Gasteiger partial charge in [-0.15, -0.1) is 0 Å². The van der Waals surface area contributed by atoms with E-state index in [-0.39, 0.29) is 34.3 Å². The first-order valence-electron chi connectivity index (χ1n) is 11.2. The Hall–Kier alpha value is -3.73. The van der Waals surface area contributed by atoms with E-state index in [2.05, 4.69) is 37.1 Å². The van der Waals surface area contributed by atoms with Crippen molar-refractivity contribution in [3.63, 3.8) is 0 Å². The zero-order chi connectivity index (χ0) is 24.5. The van der Waals surface area contributed by atoms with Gasteiger partial charge in [0.25, 0.3) is 5.56 Å². The fraction of sp³-hybridized carbons (Fsp3) is 0.250. The average Bonchev–Trinajstić information content (AvgIpc) is 2.86. The molecule has 3 N–H and O–H groups in total. The summed E-state index contributed by atoms with van der Waals surface area (Å²) in [5, 5.41) is 13.0. The highest BCUT2D eigenvalue weighted by Gasteiger charge is 2.17. The molecule has 2 aromatic heterocycles. The summed E-state index contributed by atoms with van der Waals surface area (Å²) in [5.41, 5.74) is 1.16. The summed E-state index contributed by atoms with van der Waals surface area (Å²) in [6.45, 7) is 3.64. The van der Waals surface area contributed by atoms with Crippen LogP contribution < -0.4 is 21.5 Å². The maximum atomic E-state index is 13.1. The van der Waals surface area contributed by atoms with Gasteiger partial charge in [-0.05, 0) is 37.4 Å². The number of hydrogen-bond donors (Lipinski definition) is 3. The lowest BCUT2D eigenvalue weighted by Crippen LogP contribution is -2.44. The molecule has 0 aliphatic carbocycles. The SMILES string of the molecule is CN1CCN(c2ccc(Nc3ncc4c(=O)n(-c5c(Cl)cccc5CO)c(=O)[nH]c4n3)cc2)CC1. The minimum atomic E-state index is -0.716. The van der Waals surface area contributed by atoms with Gasteiger partial charge in [0.1, 0.15) is 5.39 Å². The number of fused-ring (bicyclic) bond motifs is 1. The molecule has 180 valence electrons. The number of hydrogen-bond acceptors (Lipinski definition) is 8. The van der Waals surface area contributed by atoms with Crippen molar-refractivity contribution in [1.82, 2.24) is 24.4 Å². The summed E-state index contributed by atoms with van der Waals surface area (Å²) in [4.78, 5) is 41.8. The molecule has 5 rings (SSSR count). The maximum Gasteiger partial charge on any atom is 0.334 e. The standard InChI is InChI=1S/C24H24ClN7O3/c1-30-9-11-31(12-10-30)17-7-5-16(6-8-17)27-23-26-13-18-21(28-23)29-24(35)32(22(18)34)20-15(14-33)3-2-4-19(20)25/h2-8,13,33H,9-12,14H2,1H3,(H2,26,27,28,29,35). The van der Waals surface area contributed by atoms with Gasteiger partial charge in [-0.1, -0.05) is 23.7 Å². The third kappa shape index (κ3) is 4.51. The minimum Gasteiger partial charge on any atom is -0.392 e. The minimum absolute atomic E-state index is 0.0976. The molecule has 0 bridgehead atoms. The van der Waals surface area contributed by atoms with E-state index in [9.17, 15) is 14.7 Å². The fourth-order valence-corrected chi connectivity index (χ4v) is 4.43. The Labute approximate surface area is 205 Å². The van der Waals surface area contributed by atoms with E-state index < -0.39 is 11.2 Å². The average molecular weight is 494 g/mol. The van der Waals surface area contributed by atoms with E-state index in [0.717, 1.165) is 42.1 Å². The highest BCUT2D eigenvalue weighted by atomic mass is 35.5. The molecule has 1 aliphatic heterocycles. The Morgan fingerprint density at radius 2 is 1.83 bits per heavy atom. The largest absolute Gasteiger partial charge is 0.392 e. The number of piperazine rings is 1. The highest BCUT2D eigenvalue weighted by molar-refractivity contribution is 6.32. The Kier molecular flexibility index (Phi) is 6.25. The van der Waals surface area contributed by atoms with Crippen molar-refractivity contribution in [3.05, 3.63) is 80.1 Å². The molecule has 0 radical (unpaired) electrons. The number of nitrogens with zero attached hydrogens (tertiary/aromatic N) is 5. The monoisotopic (exact) mass is 493 g/mol. The number of aliphatic hydroxyl groups is 1. The Bertz CT molecular complexity index is 1490. The van der Waals surface area contributed by atoms with Crippen molar-refractivity contribution in [2.24, 2.45) is 0 Å². The summed E-state index contributed by atoms with van der Waals surface area (Å²) in [6.07, 6.45) is 1.35. The van der Waals surface area contributed by atoms with Crippen LogP contribution in [-0.4, -0.2) is 62.8 Å². The van der Waals surface area contributed by atoms with E-state index >= 15 is 0 Å². The molecule has 2 aromatic carbocycles. The summed E-state index contributed by atoms with van der Waals surface area (Å²) in [7, 11) is 2.12. The van der Waals surface area contributed by atoms with Crippen LogP contribution in [0.2, 0.25) is 5.02 Å². The second-order valence-corrected chi connectivity index (χ2v) is 8.80. The second-order valence-electron chi connectivity index (χ2n) is 8.39. The van der Waals surface area contributed by atoms with Gasteiger partial charge < -0.3 is 20.2 Å². The van der Waals surface area contributed by atoms with Gasteiger partial charge in [0.05, 0.1) is 17.3 Å². The van der Waals surface area contributed by atoms with E-state index in [0.29, 0.717) is 5.56 Å². The van der Waals surface area contributed by atoms with Gasteiger partial charge in [-0.3, -0.25) is 9.78 Å². The van der Waals surface area contributed by atoms with E-state index in [1.165, 1.54) is 6.20 Å². The lowest BCUT2D eigenvalue weighted by atomic mass is 10.2. The molecule has 35 heavy (non-hydrogen) atoms. The Morgan fingerprint density at radius 1 is 1.09 bits per heavy atom. The van der Waals surface area contributed by atoms with Crippen LogP contribution in [0.25, 0.3) is 16.7 Å². The number of H-pyrrole nitrogens is 1. The van der Waals surface area contributed by atoms with Crippen LogP contribution in [-0.2, 0) is 6.61 Å². The number of aromatic amines is 1. The topological polar surface area (TPSA) is 119 Å². The molecule has 0 saturated carbocycles. The summed E-state index contributed by atoms with van der Waals surface area (Å²) in [6, 6.07) is 12.7. The van der Waals surface area contributed by atoms with Gasteiger partial charge in [0.15, 0.2) is 5.65 Å². The van der Waals surface area contributed by atoms with Gasteiger partial charge >= 0.3 is 5.69 Å². The first-order valence-corrected chi connectivity index (χ1v) is 11.5. The summed E-state index contributed by atoms with van der Waals surface area (Å²) >= 11 is 6.25. The first kappa shape index (κ1) is 23.0. The van der Waals surface area contributed by atoms with Gasteiger partial charge in [-0.25, -0.2) is 14.3 Å². The number of halogens is 1. The number of likely N-dealkylation sites (N-methyl/N-ethyl adjacent to an activating group) is 1. The van der Waals surface area contributed by atoms with Crippen LogP contribution in [0.15, 0.2) is 58.3 Å². The maximum absolute atomic E-state index is 13.1. The molecule has 3 heterocycles. The lowest BCUT2D eigenvalue weighted by molar-refractivity contribution is 0.281. The number of rotatable bonds is 5. The first-order chi connectivity index (χ1) is 16.9. The lowest BCUT2D eigenvalue weighted by Gasteiger charge is -2.34. The molecular formula is C24H24ClN7O3. The van der Waals surface area contributed by atoms with Crippen molar-refractivity contribution >= 4 is 40.0 Å². The van der Waals surface area contributed by atoms with Crippen molar-refractivity contribution in [2.45, 2.75) is 6.61 Å². The van der Waals surface area contributed by atoms with Crippen molar-refractivity contribution in [1.29, 1.82) is 0 Å². The van der Waals surface area contributed by atoms with Gasteiger partial charge in [-0.2, -0.15) is 4.98 Å². The van der Waals surface area contributed by atoms with Crippen LogP contribution in [0, 0.1) is 0 Å². The number of para-hydroxylation sites is 1. The molecule has 1 fully saturated rings. The number of nitrogens with one attached hydrogen (secondary N) is 2. The molecule has 4 aromatic rings. The number of anilines is 3. The number of aliphatic hydroxyl groups excluding tert-OH is 1. The second kappa shape index (κ2) is 9.49. The van der Waals surface area contributed by atoms with Crippen molar-refractivity contribution in [2.75, 3.05) is 43.4 Å². The van der Waals surface area contributed by atoms with Gasteiger partial charge in [0.2, 0.25) is 5.95 Å². The molecule has 1 saturated heterocycles. The third-order valence-corrected chi connectivity index (χ3v) is 6.41. The van der Waals surface area contributed by atoms with E-state index in [1.807, 2.05) is 24.3 Å². The Morgan fingerprint density at radius 3 is 2.54 bits per heavy atom. The van der Waals surface area contributed by atoms with E-state index in [4.69, 9.17) is 11.6 Å². The van der Waals surface area contributed by atoms with Crippen molar-refractivity contribution < 1.29 is 5.11 Å². The number of aromatic nitrogens is 4. The molecular weight excluding hydrogens is 470 g/mol. The zero-order valence-corrected chi connectivity index (χ0v) is 19.8. The molecule has 10 nitrogen and oxygen atoms in total. The third-order valence-electron chi connectivity index (χ3n) is 6.11. The van der Waals surface area contributed by atoms with Crippen LogP contribution in [0.1, 0.15) is 5.56 Å². The van der Waals surface area contributed by atoms with Crippen LogP contribution in [0.5, 0.6) is 0 Å². The van der Waals surface area contributed by atoms with Crippen molar-refractivity contribution in [3.8, 4) is 5.69 Å². The number of benzene rings is 2. The summed E-state index contributed by atoms with van der Waals surface area (Å²) < 4.78 is 0.893. The molecule has 11 heteroatoms. The predicted molar refractivity (Wildman–Crippen MR) is 136 cm³/mol. The van der Waals surface area contributed by atoms with Crippen LogP contribution in [0.4, 0.5) is 17.3 Å². The smallest absolute Gasteiger partial charge is 0.334 e. The fourth-order valence-electron chi connectivity index (χ4n) is 4.15. The molecule has 0 unspecified atom stereocenters. The molecule has 1 aliphatic rings. The quantitative estimate of drug-likeness (QED) is 0.387. The normalized spacial score (nSPS) is 14.4.